The normalized spacial score (nSPS) is 12.6. The number of aromatic amines is 1. The first kappa shape index (κ1) is 16.3. The van der Waals surface area contributed by atoms with Gasteiger partial charge in [0.25, 0.3) is 0 Å². The van der Waals surface area contributed by atoms with Crippen molar-refractivity contribution in [3.63, 3.8) is 0 Å². The largest absolute Gasteiger partial charge is 0.344 e. The summed E-state index contributed by atoms with van der Waals surface area (Å²) < 4.78 is 0. The molecule has 0 saturated carbocycles. The molecule has 0 bridgehead atoms. The molecule has 21 heavy (non-hydrogen) atoms. The average Bonchev–Trinajstić information content (AvgIpc) is 2.83. The number of H-pyrrole nitrogens is 1. The maximum absolute atomic E-state index is 6.21. The van der Waals surface area contributed by atoms with Crippen LogP contribution in [-0.4, -0.2) is 9.97 Å². The van der Waals surface area contributed by atoms with E-state index in [1.54, 1.807) is 0 Å². The molecule has 0 unspecified atom stereocenters. The number of benzene rings is 1. The van der Waals surface area contributed by atoms with Crippen molar-refractivity contribution < 1.29 is 0 Å². The monoisotopic (exact) mass is 325 g/mol. The van der Waals surface area contributed by atoms with Crippen LogP contribution in [0.25, 0.3) is 0 Å². The average molecular weight is 326 g/mol. The summed E-state index contributed by atoms with van der Waals surface area (Å²) in [5.41, 5.74) is 2.02. The topological polar surface area (TPSA) is 40.7 Å². The van der Waals surface area contributed by atoms with Gasteiger partial charge in [-0.1, -0.05) is 54.7 Å². The molecule has 1 aromatic carbocycles. The van der Waals surface area contributed by atoms with E-state index in [-0.39, 0.29) is 6.04 Å². The zero-order chi connectivity index (χ0) is 15.2. The minimum absolute atomic E-state index is 0.150. The van der Waals surface area contributed by atoms with E-state index in [4.69, 9.17) is 23.2 Å². The van der Waals surface area contributed by atoms with Gasteiger partial charge in [0.2, 0.25) is 0 Å². The predicted molar refractivity (Wildman–Crippen MR) is 88.9 cm³/mol. The van der Waals surface area contributed by atoms with E-state index < -0.39 is 0 Å². The lowest BCUT2D eigenvalue weighted by Crippen LogP contribution is -2.18. The van der Waals surface area contributed by atoms with Gasteiger partial charge in [0.1, 0.15) is 5.82 Å². The zero-order valence-electron chi connectivity index (χ0n) is 12.4. The van der Waals surface area contributed by atoms with Crippen LogP contribution < -0.4 is 5.32 Å². The third-order valence-electron chi connectivity index (χ3n) is 3.50. The standard InChI is InChI=1S/C16H21Cl2N3/c1-3-4-9-15-20-14(16(18)21-15)10-19-11(2)12-7-5-6-8-13(12)17/h5-8,11,19H,3-4,9-10H2,1-2H3,(H,20,21)/t11-/m0/s1. The second-order valence-electron chi connectivity index (χ2n) is 5.18. The first-order valence-corrected chi connectivity index (χ1v) is 8.08. The third kappa shape index (κ3) is 4.47. The Bertz CT molecular complexity index is 581. The van der Waals surface area contributed by atoms with E-state index in [9.17, 15) is 0 Å². The van der Waals surface area contributed by atoms with Crippen LogP contribution in [0.4, 0.5) is 0 Å². The molecule has 5 heteroatoms. The summed E-state index contributed by atoms with van der Waals surface area (Å²) in [6.45, 7) is 4.89. The molecule has 0 spiro atoms. The van der Waals surface area contributed by atoms with E-state index >= 15 is 0 Å². The fraction of sp³-hybridized carbons (Fsp3) is 0.438. The molecule has 0 saturated heterocycles. The number of nitrogens with zero attached hydrogens (tertiary/aromatic N) is 1. The van der Waals surface area contributed by atoms with Crippen molar-refractivity contribution >= 4 is 23.2 Å². The number of hydrogen-bond donors (Lipinski definition) is 2. The van der Waals surface area contributed by atoms with Crippen LogP contribution >= 0.6 is 23.2 Å². The molecule has 114 valence electrons. The van der Waals surface area contributed by atoms with Gasteiger partial charge in [0, 0.05) is 24.0 Å². The zero-order valence-corrected chi connectivity index (χ0v) is 13.9. The Labute approximate surface area is 136 Å². The summed E-state index contributed by atoms with van der Waals surface area (Å²) in [6.07, 6.45) is 3.21. The van der Waals surface area contributed by atoms with Crippen LogP contribution in [-0.2, 0) is 13.0 Å². The number of nitrogens with one attached hydrogen (secondary N) is 2. The highest BCUT2D eigenvalue weighted by Crippen LogP contribution is 2.23. The van der Waals surface area contributed by atoms with Gasteiger partial charge in [-0.3, -0.25) is 0 Å². The molecule has 0 aliphatic carbocycles. The minimum Gasteiger partial charge on any atom is -0.344 e. The Kier molecular flexibility index (Phi) is 6.09. The van der Waals surface area contributed by atoms with Gasteiger partial charge < -0.3 is 10.3 Å². The lowest BCUT2D eigenvalue weighted by atomic mass is 10.1. The van der Waals surface area contributed by atoms with E-state index in [2.05, 4.69) is 29.1 Å². The summed E-state index contributed by atoms with van der Waals surface area (Å²) in [7, 11) is 0. The van der Waals surface area contributed by atoms with Gasteiger partial charge in [0.05, 0.1) is 5.69 Å². The molecule has 0 aliphatic heterocycles. The molecule has 2 N–H and O–H groups in total. The number of rotatable bonds is 7. The van der Waals surface area contributed by atoms with Gasteiger partial charge in [-0.25, -0.2) is 4.98 Å². The Balaban J connectivity index is 1.96. The van der Waals surface area contributed by atoms with Crippen molar-refractivity contribution in [2.45, 2.75) is 45.7 Å². The van der Waals surface area contributed by atoms with E-state index in [1.165, 1.54) is 0 Å². The van der Waals surface area contributed by atoms with Crippen molar-refractivity contribution in [1.29, 1.82) is 0 Å². The molecule has 0 fully saturated rings. The Hall–Kier alpha value is -1.03. The van der Waals surface area contributed by atoms with Crippen LogP contribution in [0.2, 0.25) is 10.2 Å². The molecule has 2 rings (SSSR count). The smallest absolute Gasteiger partial charge is 0.151 e. The second-order valence-corrected chi connectivity index (χ2v) is 5.95. The van der Waals surface area contributed by atoms with Crippen LogP contribution in [0.3, 0.4) is 0 Å². The first-order chi connectivity index (χ1) is 10.1. The van der Waals surface area contributed by atoms with Gasteiger partial charge in [0.15, 0.2) is 5.15 Å². The van der Waals surface area contributed by atoms with Gasteiger partial charge in [-0.15, -0.1) is 0 Å². The third-order valence-corrected chi connectivity index (χ3v) is 4.16. The summed E-state index contributed by atoms with van der Waals surface area (Å²) in [5.74, 6) is 0.962. The summed E-state index contributed by atoms with van der Waals surface area (Å²) in [6, 6.07) is 8.01. The molecule has 2 aromatic rings. The Morgan fingerprint density at radius 2 is 2.05 bits per heavy atom. The van der Waals surface area contributed by atoms with Gasteiger partial charge in [-0.2, -0.15) is 0 Å². The number of halogens is 2. The molecule has 1 atom stereocenters. The van der Waals surface area contributed by atoms with Gasteiger partial charge >= 0.3 is 0 Å². The molecule has 1 heterocycles. The summed E-state index contributed by atoms with van der Waals surface area (Å²) >= 11 is 12.4. The number of hydrogen-bond acceptors (Lipinski definition) is 2. The quantitative estimate of drug-likeness (QED) is 0.759. The van der Waals surface area contributed by atoms with Crippen molar-refractivity contribution in [3.05, 3.63) is 51.5 Å². The summed E-state index contributed by atoms with van der Waals surface area (Å²) in [5, 5.41) is 4.76. The first-order valence-electron chi connectivity index (χ1n) is 7.32. The minimum atomic E-state index is 0.150. The van der Waals surface area contributed by atoms with Crippen LogP contribution in [0, 0.1) is 0 Å². The lowest BCUT2D eigenvalue weighted by molar-refractivity contribution is 0.568. The number of unbranched alkanes of at least 4 members (excludes halogenated alkanes) is 1. The molecule has 0 radical (unpaired) electrons. The van der Waals surface area contributed by atoms with Crippen LogP contribution in [0.1, 0.15) is 49.8 Å². The summed E-state index contributed by atoms with van der Waals surface area (Å²) in [4.78, 5) is 7.66. The SMILES string of the molecule is CCCCc1nc(Cl)c(CN[C@@H](C)c2ccccc2Cl)[nH]1. The fourth-order valence-corrected chi connectivity index (χ4v) is 2.73. The van der Waals surface area contributed by atoms with Crippen molar-refractivity contribution in [2.75, 3.05) is 0 Å². The van der Waals surface area contributed by atoms with Crippen LogP contribution in [0.15, 0.2) is 24.3 Å². The Morgan fingerprint density at radius 1 is 1.29 bits per heavy atom. The highest BCUT2D eigenvalue weighted by atomic mass is 35.5. The van der Waals surface area contributed by atoms with E-state index in [0.717, 1.165) is 41.4 Å². The highest BCUT2D eigenvalue weighted by Gasteiger charge is 2.12. The number of aryl methyl sites for hydroxylation is 1. The number of aromatic nitrogens is 2. The fourth-order valence-electron chi connectivity index (χ4n) is 2.21. The lowest BCUT2D eigenvalue weighted by Gasteiger charge is -2.15. The predicted octanol–water partition coefficient (Wildman–Crippen LogP) is 4.91. The second kappa shape index (κ2) is 7.83. The maximum atomic E-state index is 6.21. The number of imidazole rings is 1. The Morgan fingerprint density at radius 3 is 2.76 bits per heavy atom. The molecule has 3 nitrogen and oxygen atoms in total. The molecular weight excluding hydrogens is 305 g/mol. The van der Waals surface area contributed by atoms with Crippen molar-refractivity contribution in [3.8, 4) is 0 Å². The molecule has 0 aliphatic rings. The molecular formula is C16H21Cl2N3. The van der Waals surface area contributed by atoms with Crippen molar-refractivity contribution in [1.82, 2.24) is 15.3 Å². The molecule has 0 amide bonds. The van der Waals surface area contributed by atoms with Gasteiger partial charge in [-0.05, 0) is 25.0 Å². The van der Waals surface area contributed by atoms with E-state index in [1.807, 2.05) is 24.3 Å². The maximum Gasteiger partial charge on any atom is 0.151 e. The van der Waals surface area contributed by atoms with Crippen LogP contribution in [0.5, 0.6) is 0 Å². The highest BCUT2D eigenvalue weighted by molar-refractivity contribution is 6.31. The van der Waals surface area contributed by atoms with E-state index in [0.29, 0.717) is 11.7 Å². The van der Waals surface area contributed by atoms with Crippen molar-refractivity contribution in [2.24, 2.45) is 0 Å². The molecule has 1 aromatic heterocycles.